The van der Waals surface area contributed by atoms with Crippen LogP contribution in [-0.4, -0.2) is 27.9 Å². The van der Waals surface area contributed by atoms with Gasteiger partial charge >= 0.3 is 5.97 Å². The quantitative estimate of drug-likeness (QED) is 0.383. The molecule has 0 aliphatic carbocycles. The molecule has 0 bridgehead atoms. The summed E-state index contributed by atoms with van der Waals surface area (Å²) in [5, 5.41) is 15.6. The van der Waals surface area contributed by atoms with Gasteiger partial charge in [-0.05, 0) is 13.0 Å². The van der Waals surface area contributed by atoms with Crippen LogP contribution < -0.4 is 5.32 Å². The average molecular weight is 397 g/mol. The molecule has 0 unspecified atom stereocenters. The van der Waals surface area contributed by atoms with Gasteiger partial charge in [-0.2, -0.15) is 0 Å². The lowest BCUT2D eigenvalue weighted by Crippen LogP contribution is -2.30. The van der Waals surface area contributed by atoms with Crippen LogP contribution in [0.25, 0.3) is 10.6 Å². The molecule has 1 amide bonds. The predicted octanol–water partition coefficient (Wildman–Crippen LogP) is 3.90. The molecular formula is C19H15N3O5S. The molecule has 1 aromatic heterocycles. The molecule has 0 aliphatic heterocycles. The van der Waals surface area contributed by atoms with Gasteiger partial charge in [-0.1, -0.05) is 42.5 Å². The van der Waals surface area contributed by atoms with Gasteiger partial charge in [-0.25, -0.2) is 9.78 Å². The number of para-hydroxylation sites is 2. The number of ether oxygens (including phenoxy) is 1. The number of carbonyl (C=O) groups excluding carboxylic acids is 2. The van der Waals surface area contributed by atoms with Gasteiger partial charge in [0.25, 0.3) is 11.6 Å². The highest BCUT2D eigenvalue weighted by Gasteiger charge is 2.23. The molecule has 0 radical (unpaired) electrons. The summed E-state index contributed by atoms with van der Waals surface area (Å²) in [6.07, 6.45) is -1.16. The molecule has 0 saturated heterocycles. The summed E-state index contributed by atoms with van der Waals surface area (Å²) in [4.78, 5) is 39.2. The van der Waals surface area contributed by atoms with Crippen molar-refractivity contribution in [2.24, 2.45) is 0 Å². The summed E-state index contributed by atoms with van der Waals surface area (Å²) in [6, 6.07) is 15.1. The zero-order valence-electron chi connectivity index (χ0n) is 14.7. The molecule has 8 nitrogen and oxygen atoms in total. The lowest BCUT2D eigenvalue weighted by atomic mass is 10.2. The first-order chi connectivity index (χ1) is 13.5. The number of benzene rings is 2. The first-order valence-electron chi connectivity index (χ1n) is 8.22. The molecule has 0 saturated carbocycles. The van der Waals surface area contributed by atoms with E-state index in [0.29, 0.717) is 5.01 Å². The Morgan fingerprint density at radius 1 is 1.14 bits per heavy atom. The smallest absolute Gasteiger partial charge is 0.358 e. The number of nitrogens with zero attached hydrogens (tertiary/aromatic N) is 2. The Morgan fingerprint density at radius 3 is 2.54 bits per heavy atom. The van der Waals surface area contributed by atoms with E-state index in [2.05, 4.69) is 10.3 Å². The van der Waals surface area contributed by atoms with Crippen LogP contribution in [0.15, 0.2) is 60.0 Å². The van der Waals surface area contributed by atoms with E-state index in [9.17, 15) is 19.7 Å². The van der Waals surface area contributed by atoms with Crippen LogP contribution in [0, 0.1) is 10.1 Å². The molecule has 0 spiro atoms. The van der Waals surface area contributed by atoms with Gasteiger partial charge in [0.15, 0.2) is 11.8 Å². The number of carbonyl (C=O) groups is 2. The molecule has 1 N–H and O–H groups in total. The van der Waals surface area contributed by atoms with Crippen molar-refractivity contribution >= 4 is 34.6 Å². The number of aromatic nitrogens is 1. The molecule has 28 heavy (non-hydrogen) atoms. The van der Waals surface area contributed by atoms with Crippen LogP contribution in [0.3, 0.4) is 0 Å². The first-order valence-corrected chi connectivity index (χ1v) is 9.10. The van der Waals surface area contributed by atoms with Crippen LogP contribution >= 0.6 is 11.3 Å². The van der Waals surface area contributed by atoms with Gasteiger partial charge < -0.3 is 10.1 Å². The number of esters is 1. The Bertz CT molecular complexity index is 1020. The summed E-state index contributed by atoms with van der Waals surface area (Å²) in [6.45, 7) is 1.38. The topological polar surface area (TPSA) is 111 Å². The van der Waals surface area contributed by atoms with Gasteiger partial charge in [0.05, 0.1) is 4.92 Å². The fourth-order valence-corrected chi connectivity index (χ4v) is 3.12. The van der Waals surface area contributed by atoms with Crippen molar-refractivity contribution in [3.05, 3.63) is 75.8 Å². The van der Waals surface area contributed by atoms with Crippen LogP contribution in [0.2, 0.25) is 0 Å². The summed E-state index contributed by atoms with van der Waals surface area (Å²) in [5.74, 6) is -1.43. The van der Waals surface area contributed by atoms with Crippen molar-refractivity contribution in [2.45, 2.75) is 13.0 Å². The number of nitro groups is 1. The molecular weight excluding hydrogens is 382 g/mol. The van der Waals surface area contributed by atoms with E-state index in [1.807, 2.05) is 30.3 Å². The molecule has 0 aliphatic rings. The highest BCUT2D eigenvalue weighted by Crippen LogP contribution is 2.25. The molecule has 1 atom stereocenters. The molecule has 1 heterocycles. The van der Waals surface area contributed by atoms with Crippen molar-refractivity contribution in [3.8, 4) is 10.6 Å². The largest absolute Gasteiger partial charge is 0.448 e. The Morgan fingerprint density at radius 2 is 1.82 bits per heavy atom. The maximum absolute atomic E-state index is 12.3. The Hall–Kier alpha value is -3.59. The van der Waals surface area contributed by atoms with E-state index in [-0.39, 0.29) is 17.1 Å². The second-order valence-electron chi connectivity index (χ2n) is 5.71. The number of thiazole rings is 1. The number of hydrogen-bond acceptors (Lipinski definition) is 7. The zero-order valence-corrected chi connectivity index (χ0v) is 15.5. The van der Waals surface area contributed by atoms with Crippen LogP contribution in [-0.2, 0) is 9.53 Å². The highest BCUT2D eigenvalue weighted by atomic mass is 32.1. The van der Waals surface area contributed by atoms with E-state index >= 15 is 0 Å². The minimum absolute atomic E-state index is 0.0282. The van der Waals surface area contributed by atoms with Gasteiger partial charge in [0.1, 0.15) is 10.7 Å². The number of nitrogens with one attached hydrogen (secondary N) is 1. The Balaban J connectivity index is 1.65. The summed E-state index contributed by atoms with van der Waals surface area (Å²) in [7, 11) is 0. The van der Waals surface area contributed by atoms with Crippen LogP contribution in [0.1, 0.15) is 17.4 Å². The number of nitro benzene ring substituents is 1. The standard InChI is InChI=1S/C19H15N3O5S/c1-12(17(23)20-14-9-5-6-10-16(14)22(25)26)27-19(24)15-11-28-18(21-15)13-7-3-2-4-8-13/h2-12H,1H3,(H,20,23)/t12-/m0/s1. The van der Waals surface area contributed by atoms with Gasteiger partial charge in [0.2, 0.25) is 0 Å². The lowest BCUT2D eigenvalue weighted by Gasteiger charge is -2.12. The third kappa shape index (κ3) is 4.38. The fourth-order valence-electron chi connectivity index (χ4n) is 2.33. The van der Waals surface area contributed by atoms with Crippen molar-refractivity contribution in [1.82, 2.24) is 4.98 Å². The first kappa shape index (κ1) is 19.2. The number of anilines is 1. The number of hydrogen-bond donors (Lipinski definition) is 1. The predicted molar refractivity (Wildman–Crippen MR) is 104 cm³/mol. The third-order valence-electron chi connectivity index (χ3n) is 3.75. The van der Waals surface area contributed by atoms with E-state index in [4.69, 9.17) is 4.74 Å². The maximum atomic E-state index is 12.3. The SMILES string of the molecule is C[C@H](OC(=O)c1csc(-c2ccccc2)n1)C(=O)Nc1ccccc1[N+](=O)[O-]. The number of rotatable bonds is 6. The highest BCUT2D eigenvalue weighted by molar-refractivity contribution is 7.13. The second kappa shape index (κ2) is 8.40. The summed E-state index contributed by atoms with van der Waals surface area (Å²) >= 11 is 1.29. The fraction of sp³-hybridized carbons (Fsp3) is 0.105. The maximum Gasteiger partial charge on any atom is 0.358 e. The molecule has 142 valence electrons. The van der Waals surface area contributed by atoms with E-state index < -0.39 is 22.9 Å². The van der Waals surface area contributed by atoms with Crippen molar-refractivity contribution < 1.29 is 19.2 Å². The number of amides is 1. The van der Waals surface area contributed by atoms with E-state index in [1.165, 1.54) is 36.5 Å². The summed E-state index contributed by atoms with van der Waals surface area (Å²) < 4.78 is 5.14. The molecule has 9 heteroatoms. The minimum Gasteiger partial charge on any atom is -0.448 e. The van der Waals surface area contributed by atoms with Crippen molar-refractivity contribution in [3.63, 3.8) is 0 Å². The monoisotopic (exact) mass is 397 g/mol. The molecule has 3 rings (SSSR count). The van der Waals surface area contributed by atoms with Crippen molar-refractivity contribution in [2.75, 3.05) is 5.32 Å². The van der Waals surface area contributed by atoms with Crippen molar-refractivity contribution in [1.29, 1.82) is 0 Å². The van der Waals surface area contributed by atoms with Gasteiger partial charge in [0, 0.05) is 17.0 Å². The molecule has 0 fully saturated rings. The van der Waals surface area contributed by atoms with E-state index in [1.54, 1.807) is 11.4 Å². The Labute approximate surface area is 164 Å². The zero-order chi connectivity index (χ0) is 20.1. The van der Waals surface area contributed by atoms with Gasteiger partial charge in [-0.3, -0.25) is 14.9 Å². The van der Waals surface area contributed by atoms with Crippen LogP contribution in [0.4, 0.5) is 11.4 Å². The average Bonchev–Trinajstić information content (AvgIpc) is 3.19. The normalized spacial score (nSPS) is 11.5. The van der Waals surface area contributed by atoms with E-state index in [0.717, 1.165) is 5.56 Å². The summed E-state index contributed by atoms with van der Waals surface area (Å²) in [5.41, 5.74) is 0.740. The molecule has 2 aromatic carbocycles. The van der Waals surface area contributed by atoms with Crippen LogP contribution in [0.5, 0.6) is 0 Å². The lowest BCUT2D eigenvalue weighted by molar-refractivity contribution is -0.383. The molecule has 3 aromatic rings. The third-order valence-corrected chi connectivity index (χ3v) is 4.64. The Kier molecular flexibility index (Phi) is 5.75. The minimum atomic E-state index is -1.16. The van der Waals surface area contributed by atoms with Gasteiger partial charge in [-0.15, -0.1) is 11.3 Å². The second-order valence-corrected chi connectivity index (χ2v) is 6.57.